The average molecular weight is 286 g/mol. The average Bonchev–Trinajstić information content (AvgIpc) is 2.95. The summed E-state index contributed by atoms with van der Waals surface area (Å²) in [6, 6.07) is 0. The Labute approximate surface area is 114 Å². The van der Waals surface area contributed by atoms with Crippen molar-refractivity contribution in [2.75, 3.05) is 18.1 Å². The zero-order valence-electron chi connectivity index (χ0n) is 11.6. The van der Waals surface area contributed by atoms with E-state index in [9.17, 15) is 13.2 Å². The number of sulfone groups is 1. The number of amides is 1. The Kier molecular flexibility index (Phi) is 2.94. The third-order valence-corrected chi connectivity index (χ3v) is 6.43. The van der Waals surface area contributed by atoms with Gasteiger partial charge in [0.15, 0.2) is 9.84 Å². The van der Waals surface area contributed by atoms with E-state index in [4.69, 9.17) is 0 Å². The summed E-state index contributed by atoms with van der Waals surface area (Å²) in [7, 11) is -2.86. The fourth-order valence-corrected chi connectivity index (χ4v) is 5.17. The van der Waals surface area contributed by atoms with Crippen LogP contribution in [0, 0.1) is 11.8 Å². The first kappa shape index (κ1) is 13.4. The summed E-state index contributed by atoms with van der Waals surface area (Å²) < 4.78 is 23.1. The van der Waals surface area contributed by atoms with Gasteiger partial charge in [-0.2, -0.15) is 0 Å². The second kappa shape index (κ2) is 4.19. The topological polar surface area (TPSA) is 66.5 Å². The normalized spacial score (nSPS) is 35.5. The van der Waals surface area contributed by atoms with Crippen LogP contribution in [0.4, 0.5) is 0 Å². The second-order valence-corrected chi connectivity index (χ2v) is 8.87. The molecule has 1 aliphatic carbocycles. The van der Waals surface area contributed by atoms with Crippen molar-refractivity contribution in [3.63, 3.8) is 0 Å². The van der Waals surface area contributed by atoms with Crippen LogP contribution in [-0.4, -0.2) is 49.0 Å². The highest BCUT2D eigenvalue weighted by molar-refractivity contribution is 7.91. The van der Waals surface area contributed by atoms with Crippen molar-refractivity contribution >= 4 is 15.7 Å². The zero-order chi connectivity index (χ0) is 13.8. The van der Waals surface area contributed by atoms with E-state index in [-0.39, 0.29) is 35.0 Å². The number of nitrogens with zero attached hydrogens (tertiary/aromatic N) is 1. The van der Waals surface area contributed by atoms with Crippen LogP contribution in [0.2, 0.25) is 0 Å². The molecule has 1 saturated carbocycles. The molecule has 1 N–H and O–H groups in total. The van der Waals surface area contributed by atoms with Crippen LogP contribution in [-0.2, 0) is 14.6 Å². The lowest BCUT2D eigenvalue weighted by Crippen LogP contribution is -2.44. The maximum atomic E-state index is 12.5. The molecular weight excluding hydrogens is 264 g/mol. The van der Waals surface area contributed by atoms with Crippen LogP contribution in [0.3, 0.4) is 0 Å². The molecule has 0 bridgehead atoms. The van der Waals surface area contributed by atoms with Crippen molar-refractivity contribution in [3.8, 4) is 0 Å². The molecule has 5 nitrogen and oxygen atoms in total. The zero-order valence-corrected chi connectivity index (χ0v) is 12.4. The Hall–Kier alpha value is -0.620. The van der Waals surface area contributed by atoms with Gasteiger partial charge in [-0.05, 0) is 31.1 Å². The van der Waals surface area contributed by atoms with Crippen LogP contribution in [0.25, 0.3) is 0 Å². The number of hydrogen-bond donors (Lipinski definition) is 1. The summed E-state index contributed by atoms with van der Waals surface area (Å²) in [6.07, 6.45) is 2.62. The third-order valence-electron chi connectivity index (χ3n) is 4.59. The SMILES string of the molecule is CC(C)C1NC2(CC2)C(=O)N1CC1CCS(=O)(=O)C1. The minimum atomic E-state index is -2.86. The predicted molar refractivity (Wildman–Crippen MR) is 72.2 cm³/mol. The molecule has 1 spiro atoms. The predicted octanol–water partition coefficient (Wildman–Crippen LogP) is 0.368. The van der Waals surface area contributed by atoms with Crippen LogP contribution in [0.1, 0.15) is 33.1 Å². The molecule has 0 aromatic carbocycles. The van der Waals surface area contributed by atoms with Gasteiger partial charge in [0, 0.05) is 6.54 Å². The lowest BCUT2D eigenvalue weighted by atomic mass is 10.1. The van der Waals surface area contributed by atoms with Gasteiger partial charge in [0.1, 0.15) is 0 Å². The molecule has 3 fully saturated rings. The van der Waals surface area contributed by atoms with Gasteiger partial charge in [0.05, 0.1) is 23.2 Å². The Morgan fingerprint density at radius 2 is 2.11 bits per heavy atom. The van der Waals surface area contributed by atoms with E-state index < -0.39 is 9.84 Å². The Morgan fingerprint density at radius 3 is 2.58 bits per heavy atom. The fourth-order valence-electron chi connectivity index (χ4n) is 3.32. The van der Waals surface area contributed by atoms with E-state index in [1.165, 1.54) is 0 Å². The number of nitrogens with one attached hydrogen (secondary N) is 1. The lowest BCUT2D eigenvalue weighted by molar-refractivity contribution is -0.131. The molecule has 2 unspecified atom stereocenters. The molecule has 2 saturated heterocycles. The largest absolute Gasteiger partial charge is 0.325 e. The van der Waals surface area contributed by atoms with E-state index in [0.717, 1.165) is 12.8 Å². The van der Waals surface area contributed by atoms with E-state index >= 15 is 0 Å². The van der Waals surface area contributed by atoms with Gasteiger partial charge < -0.3 is 4.90 Å². The van der Waals surface area contributed by atoms with Crippen molar-refractivity contribution < 1.29 is 13.2 Å². The summed E-state index contributed by atoms with van der Waals surface area (Å²) in [5.41, 5.74) is -0.299. The molecule has 0 aromatic rings. The fraction of sp³-hybridized carbons (Fsp3) is 0.923. The Bertz CT molecular complexity index is 496. The molecule has 2 aliphatic heterocycles. The summed E-state index contributed by atoms with van der Waals surface area (Å²) in [5.74, 6) is 1.18. The maximum Gasteiger partial charge on any atom is 0.244 e. The monoisotopic (exact) mass is 286 g/mol. The standard InChI is InChI=1S/C13H22N2O3S/c1-9(2)11-14-13(4-5-13)12(16)15(11)7-10-3-6-19(17,18)8-10/h9-11,14H,3-8H2,1-2H3. The minimum Gasteiger partial charge on any atom is -0.325 e. The Morgan fingerprint density at radius 1 is 1.42 bits per heavy atom. The number of carbonyl (C=O) groups is 1. The maximum absolute atomic E-state index is 12.5. The first-order valence-corrected chi connectivity index (χ1v) is 8.94. The van der Waals surface area contributed by atoms with Gasteiger partial charge >= 0.3 is 0 Å². The highest BCUT2D eigenvalue weighted by atomic mass is 32.2. The van der Waals surface area contributed by atoms with Gasteiger partial charge in [-0.15, -0.1) is 0 Å². The molecule has 108 valence electrons. The van der Waals surface area contributed by atoms with Crippen molar-refractivity contribution in [2.24, 2.45) is 11.8 Å². The summed E-state index contributed by atoms with van der Waals surface area (Å²) in [4.78, 5) is 14.4. The highest BCUT2D eigenvalue weighted by Crippen LogP contribution is 2.43. The molecule has 2 atom stereocenters. The molecule has 0 aromatic heterocycles. The first-order valence-electron chi connectivity index (χ1n) is 7.12. The number of rotatable bonds is 3. The summed E-state index contributed by atoms with van der Waals surface area (Å²) >= 11 is 0. The van der Waals surface area contributed by atoms with E-state index in [1.807, 2.05) is 4.90 Å². The quantitative estimate of drug-likeness (QED) is 0.814. The minimum absolute atomic E-state index is 0.0679. The van der Waals surface area contributed by atoms with Crippen LogP contribution in [0.15, 0.2) is 0 Å². The van der Waals surface area contributed by atoms with Gasteiger partial charge in [-0.1, -0.05) is 13.8 Å². The third kappa shape index (κ3) is 2.29. The molecular formula is C13H22N2O3S. The van der Waals surface area contributed by atoms with Gasteiger partial charge in [-0.25, -0.2) is 8.42 Å². The number of carbonyl (C=O) groups excluding carboxylic acids is 1. The van der Waals surface area contributed by atoms with Crippen molar-refractivity contribution in [1.82, 2.24) is 10.2 Å². The van der Waals surface area contributed by atoms with E-state index in [2.05, 4.69) is 19.2 Å². The molecule has 2 heterocycles. The molecule has 0 radical (unpaired) electrons. The first-order chi connectivity index (χ1) is 8.83. The van der Waals surface area contributed by atoms with Crippen LogP contribution < -0.4 is 5.32 Å². The highest BCUT2D eigenvalue weighted by Gasteiger charge is 2.59. The van der Waals surface area contributed by atoms with E-state index in [1.54, 1.807) is 0 Å². The molecule has 3 rings (SSSR count). The Balaban J connectivity index is 1.73. The molecule has 1 amide bonds. The van der Waals surface area contributed by atoms with Crippen LogP contribution in [0.5, 0.6) is 0 Å². The smallest absolute Gasteiger partial charge is 0.244 e. The molecule has 3 aliphatic rings. The summed E-state index contributed by atoms with van der Waals surface area (Å²) in [6.45, 7) is 4.80. The van der Waals surface area contributed by atoms with Crippen molar-refractivity contribution in [3.05, 3.63) is 0 Å². The lowest BCUT2D eigenvalue weighted by Gasteiger charge is -2.29. The number of hydrogen-bond acceptors (Lipinski definition) is 4. The summed E-state index contributed by atoms with van der Waals surface area (Å²) in [5, 5.41) is 3.46. The molecule has 6 heteroatoms. The molecule has 19 heavy (non-hydrogen) atoms. The van der Waals surface area contributed by atoms with Gasteiger partial charge in [0.25, 0.3) is 0 Å². The van der Waals surface area contributed by atoms with Crippen molar-refractivity contribution in [1.29, 1.82) is 0 Å². The van der Waals surface area contributed by atoms with E-state index in [0.29, 0.717) is 18.9 Å². The second-order valence-electron chi connectivity index (χ2n) is 6.64. The van der Waals surface area contributed by atoms with Gasteiger partial charge in [-0.3, -0.25) is 10.1 Å². The van der Waals surface area contributed by atoms with Crippen LogP contribution >= 0.6 is 0 Å². The van der Waals surface area contributed by atoms with Crippen molar-refractivity contribution in [2.45, 2.75) is 44.8 Å². The van der Waals surface area contributed by atoms with Gasteiger partial charge in [0.2, 0.25) is 5.91 Å².